The van der Waals surface area contributed by atoms with Gasteiger partial charge in [-0.25, -0.2) is 13.4 Å². The molecule has 3 N–H and O–H groups in total. The maximum atomic E-state index is 11.7. The van der Waals surface area contributed by atoms with Crippen LogP contribution in [0.4, 0.5) is 0 Å². The molecule has 1 heterocycles. The fraction of sp³-hybridized carbons (Fsp3) is 0.556. The van der Waals surface area contributed by atoms with Crippen LogP contribution in [0.15, 0.2) is 17.6 Å². The summed E-state index contributed by atoms with van der Waals surface area (Å²) in [5.74, 6) is -0.310. The molecular weight excluding hydrogens is 244 g/mol. The van der Waals surface area contributed by atoms with Crippen LogP contribution in [0.25, 0.3) is 0 Å². The summed E-state index contributed by atoms with van der Waals surface area (Å²) in [6.07, 6.45) is 4.38. The summed E-state index contributed by atoms with van der Waals surface area (Å²) in [6.45, 7) is 1.51. The van der Waals surface area contributed by atoms with Gasteiger partial charge in [-0.15, -0.1) is 0 Å². The number of imidazole rings is 1. The van der Waals surface area contributed by atoms with Crippen LogP contribution in [0.2, 0.25) is 0 Å². The van der Waals surface area contributed by atoms with Crippen molar-refractivity contribution in [3.63, 3.8) is 0 Å². The number of aromatic amines is 1. The van der Waals surface area contributed by atoms with Gasteiger partial charge in [-0.2, -0.15) is 4.72 Å². The summed E-state index contributed by atoms with van der Waals surface area (Å²) < 4.78 is 25.8. The minimum absolute atomic E-state index is 0.0522. The molecular formula is C9H14N4O3S. The fourth-order valence-corrected chi connectivity index (χ4v) is 2.40. The second-order valence-corrected chi connectivity index (χ2v) is 5.72. The Balaban J connectivity index is 1.97. The molecule has 1 atom stereocenters. The van der Waals surface area contributed by atoms with E-state index in [1.807, 2.05) is 0 Å². The van der Waals surface area contributed by atoms with E-state index >= 15 is 0 Å². The smallest absolute Gasteiger partial charge is 0.258 e. The van der Waals surface area contributed by atoms with E-state index in [2.05, 4.69) is 20.0 Å². The zero-order valence-electron chi connectivity index (χ0n) is 9.30. The maximum absolute atomic E-state index is 11.7. The summed E-state index contributed by atoms with van der Waals surface area (Å²) in [7, 11) is -3.71. The lowest BCUT2D eigenvalue weighted by Crippen LogP contribution is -2.45. The molecule has 1 aliphatic carbocycles. The molecule has 0 radical (unpaired) electrons. The SMILES string of the molecule is CC(NS(=O)(=O)c1cnc[nH]1)C(=O)NC1CC1. The van der Waals surface area contributed by atoms with Gasteiger partial charge < -0.3 is 10.3 Å². The molecule has 0 aliphatic heterocycles. The molecule has 7 nitrogen and oxygen atoms in total. The predicted octanol–water partition coefficient (Wildman–Crippen LogP) is -0.645. The van der Waals surface area contributed by atoms with Crippen LogP contribution in [0, 0.1) is 0 Å². The van der Waals surface area contributed by atoms with Gasteiger partial charge in [0.15, 0.2) is 5.03 Å². The third-order valence-electron chi connectivity index (χ3n) is 2.41. The molecule has 1 unspecified atom stereocenters. The van der Waals surface area contributed by atoms with Crippen molar-refractivity contribution in [3.8, 4) is 0 Å². The van der Waals surface area contributed by atoms with E-state index in [4.69, 9.17) is 0 Å². The number of carbonyl (C=O) groups is 1. The first-order chi connectivity index (χ1) is 7.99. The summed E-state index contributed by atoms with van der Waals surface area (Å²) in [5, 5.41) is 2.68. The third kappa shape index (κ3) is 3.04. The number of hydrogen-bond donors (Lipinski definition) is 3. The number of nitrogens with one attached hydrogen (secondary N) is 3. The largest absolute Gasteiger partial charge is 0.352 e. The van der Waals surface area contributed by atoms with Gasteiger partial charge in [-0.05, 0) is 19.8 Å². The molecule has 94 valence electrons. The highest BCUT2D eigenvalue weighted by molar-refractivity contribution is 7.89. The van der Waals surface area contributed by atoms with Crippen LogP contribution in [0.1, 0.15) is 19.8 Å². The Kier molecular flexibility index (Phi) is 3.16. The second kappa shape index (κ2) is 4.46. The number of carbonyl (C=O) groups excluding carboxylic acids is 1. The van der Waals surface area contributed by atoms with E-state index in [1.54, 1.807) is 0 Å². The van der Waals surface area contributed by atoms with Gasteiger partial charge in [0.25, 0.3) is 10.0 Å². The first kappa shape index (κ1) is 12.1. The Bertz CT molecular complexity index is 492. The molecule has 17 heavy (non-hydrogen) atoms. The molecule has 0 bridgehead atoms. The lowest BCUT2D eigenvalue weighted by Gasteiger charge is -2.13. The first-order valence-electron chi connectivity index (χ1n) is 5.30. The van der Waals surface area contributed by atoms with Crippen molar-refractivity contribution in [3.05, 3.63) is 12.5 Å². The molecule has 2 rings (SSSR count). The highest BCUT2D eigenvalue weighted by Gasteiger charge is 2.28. The fourth-order valence-electron chi connectivity index (χ4n) is 1.29. The van der Waals surface area contributed by atoms with E-state index in [-0.39, 0.29) is 17.0 Å². The Labute approximate surface area is 99.1 Å². The number of rotatable bonds is 5. The Morgan fingerprint density at radius 2 is 2.29 bits per heavy atom. The molecule has 0 aromatic carbocycles. The summed E-state index contributed by atoms with van der Waals surface area (Å²) in [5.41, 5.74) is 0. The number of sulfonamides is 1. The number of aromatic nitrogens is 2. The lowest BCUT2D eigenvalue weighted by molar-refractivity contribution is -0.122. The Hall–Kier alpha value is -1.41. The van der Waals surface area contributed by atoms with Crippen LogP contribution in [-0.4, -0.2) is 36.4 Å². The molecule has 0 saturated heterocycles. The zero-order valence-corrected chi connectivity index (χ0v) is 10.1. The predicted molar refractivity (Wildman–Crippen MR) is 59.5 cm³/mol. The van der Waals surface area contributed by atoms with Crippen molar-refractivity contribution in [2.75, 3.05) is 0 Å². The Morgan fingerprint density at radius 1 is 1.59 bits per heavy atom. The first-order valence-corrected chi connectivity index (χ1v) is 6.78. The molecule has 1 aromatic rings. The van der Waals surface area contributed by atoms with Gasteiger partial charge in [-0.1, -0.05) is 0 Å². The monoisotopic (exact) mass is 258 g/mol. The molecule has 1 fully saturated rings. The number of nitrogens with zero attached hydrogens (tertiary/aromatic N) is 1. The molecule has 1 aliphatic rings. The van der Waals surface area contributed by atoms with Gasteiger partial charge in [0, 0.05) is 6.04 Å². The van der Waals surface area contributed by atoms with Crippen molar-refractivity contribution < 1.29 is 13.2 Å². The summed E-state index contributed by atoms with van der Waals surface area (Å²) in [4.78, 5) is 17.7. The van der Waals surface area contributed by atoms with Crippen molar-refractivity contribution >= 4 is 15.9 Å². The van der Waals surface area contributed by atoms with E-state index < -0.39 is 16.1 Å². The van der Waals surface area contributed by atoms with Crippen LogP contribution in [-0.2, 0) is 14.8 Å². The molecule has 0 spiro atoms. The van der Waals surface area contributed by atoms with E-state index in [0.29, 0.717) is 0 Å². The van der Waals surface area contributed by atoms with Gasteiger partial charge >= 0.3 is 0 Å². The average Bonchev–Trinajstić information content (AvgIpc) is 2.88. The summed E-state index contributed by atoms with van der Waals surface area (Å²) in [6, 6.07) is -0.592. The lowest BCUT2D eigenvalue weighted by atomic mass is 10.3. The molecule has 1 saturated carbocycles. The van der Waals surface area contributed by atoms with E-state index in [0.717, 1.165) is 12.8 Å². The highest BCUT2D eigenvalue weighted by atomic mass is 32.2. The van der Waals surface area contributed by atoms with Crippen molar-refractivity contribution in [2.45, 2.75) is 36.9 Å². The van der Waals surface area contributed by atoms with Crippen LogP contribution < -0.4 is 10.0 Å². The zero-order chi connectivity index (χ0) is 12.5. The van der Waals surface area contributed by atoms with E-state index in [9.17, 15) is 13.2 Å². The van der Waals surface area contributed by atoms with Crippen molar-refractivity contribution in [1.29, 1.82) is 0 Å². The highest BCUT2D eigenvalue weighted by Crippen LogP contribution is 2.18. The summed E-state index contributed by atoms with van der Waals surface area (Å²) >= 11 is 0. The molecule has 1 amide bonds. The Morgan fingerprint density at radius 3 is 2.82 bits per heavy atom. The number of H-pyrrole nitrogens is 1. The second-order valence-electron chi connectivity index (χ2n) is 4.04. The third-order valence-corrected chi connectivity index (χ3v) is 3.88. The quantitative estimate of drug-likeness (QED) is 0.653. The van der Waals surface area contributed by atoms with Crippen molar-refractivity contribution in [1.82, 2.24) is 20.0 Å². The van der Waals surface area contributed by atoms with Gasteiger partial charge in [0.05, 0.1) is 18.6 Å². The van der Waals surface area contributed by atoms with Crippen LogP contribution in [0.3, 0.4) is 0 Å². The van der Waals surface area contributed by atoms with Crippen LogP contribution >= 0.6 is 0 Å². The average molecular weight is 258 g/mol. The van der Waals surface area contributed by atoms with Gasteiger partial charge in [-0.3, -0.25) is 4.79 Å². The van der Waals surface area contributed by atoms with E-state index in [1.165, 1.54) is 19.4 Å². The topological polar surface area (TPSA) is 104 Å². The molecule has 8 heteroatoms. The number of hydrogen-bond acceptors (Lipinski definition) is 4. The maximum Gasteiger partial charge on any atom is 0.258 e. The minimum Gasteiger partial charge on any atom is -0.352 e. The normalized spacial score (nSPS) is 17.7. The van der Waals surface area contributed by atoms with Crippen LogP contribution in [0.5, 0.6) is 0 Å². The number of amides is 1. The van der Waals surface area contributed by atoms with Crippen molar-refractivity contribution in [2.24, 2.45) is 0 Å². The molecule has 1 aromatic heterocycles. The minimum atomic E-state index is -3.71. The van der Waals surface area contributed by atoms with Gasteiger partial charge in [0.1, 0.15) is 0 Å². The standard InChI is InChI=1S/C9H14N4O3S/c1-6(9(14)12-7-2-3-7)13-17(15,16)8-4-10-5-11-8/h4-7,13H,2-3H2,1H3,(H,10,11)(H,12,14). The van der Waals surface area contributed by atoms with Gasteiger partial charge in [0.2, 0.25) is 5.91 Å².